The molecule has 9 aromatic rings. The van der Waals surface area contributed by atoms with Crippen LogP contribution in [-0.2, 0) is 0 Å². The second-order valence-electron chi connectivity index (χ2n) is 9.54. The van der Waals surface area contributed by atoms with Gasteiger partial charge in [0, 0.05) is 26.9 Å². The van der Waals surface area contributed by atoms with Gasteiger partial charge in [-0.2, -0.15) is 0 Å². The molecule has 0 saturated carbocycles. The van der Waals surface area contributed by atoms with Gasteiger partial charge in [0.15, 0.2) is 0 Å². The van der Waals surface area contributed by atoms with Crippen LogP contribution in [0.1, 0.15) is 0 Å². The van der Waals surface area contributed by atoms with Crippen molar-refractivity contribution >= 4 is 76.7 Å². The van der Waals surface area contributed by atoms with E-state index in [9.17, 15) is 0 Å². The fourth-order valence-electron chi connectivity index (χ4n) is 6.06. The maximum absolute atomic E-state index is 6.51. The maximum Gasteiger partial charge on any atom is 0.230 e. The topological polar surface area (TPSA) is 44.1 Å². The third kappa shape index (κ3) is 2.39. The van der Waals surface area contributed by atoms with E-state index in [4.69, 9.17) is 13.8 Å². The number of para-hydroxylation sites is 4. The highest BCUT2D eigenvalue weighted by molar-refractivity contribution is 6.25. The smallest absolute Gasteiger partial charge is 0.230 e. The van der Waals surface area contributed by atoms with Gasteiger partial charge in [0.05, 0.1) is 33.0 Å². The minimum Gasteiger partial charge on any atom is -0.455 e. The van der Waals surface area contributed by atoms with Crippen molar-refractivity contribution < 1.29 is 8.83 Å². The Morgan fingerprint density at radius 1 is 0.486 bits per heavy atom. The Hall–Kier alpha value is -5.09. The number of furan rings is 2. The fourth-order valence-corrected chi connectivity index (χ4v) is 6.06. The van der Waals surface area contributed by atoms with E-state index < -0.39 is 0 Å². The lowest BCUT2D eigenvalue weighted by Gasteiger charge is -2.13. The van der Waals surface area contributed by atoms with Gasteiger partial charge in [-0.15, -0.1) is 0 Å². The van der Waals surface area contributed by atoms with Gasteiger partial charge in [-0.1, -0.05) is 72.8 Å². The molecule has 0 aliphatic heterocycles. The van der Waals surface area contributed by atoms with E-state index in [1.54, 1.807) is 0 Å². The summed E-state index contributed by atoms with van der Waals surface area (Å²) in [6, 6.07) is 37.7. The number of benzene rings is 5. The van der Waals surface area contributed by atoms with Gasteiger partial charge in [-0.05, 0) is 36.4 Å². The van der Waals surface area contributed by atoms with E-state index in [2.05, 4.69) is 83.4 Å². The summed E-state index contributed by atoms with van der Waals surface area (Å²) in [7, 11) is 0. The number of hydrogen-bond donors (Lipinski definition) is 0. The van der Waals surface area contributed by atoms with Crippen LogP contribution in [0, 0.1) is 0 Å². The standard InChI is InChI=1S/C33H18N2O2/c1-5-13-24-21(10-1)31(30-23-12-4-8-16-28(23)37-33(30)34-24)35-25-14-6-2-11-22(25)29-26(35)18-17-20-19-9-3-7-15-27(19)36-32(20)29/h1-18H. The molecule has 0 radical (unpaired) electrons. The second-order valence-corrected chi connectivity index (χ2v) is 9.54. The Balaban J connectivity index is 1.57. The third-order valence-corrected chi connectivity index (χ3v) is 7.60. The molecule has 4 heteroatoms. The van der Waals surface area contributed by atoms with Crippen LogP contribution in [0.3, 0.4) is 0 Å². The Bertz CT molecular complexity index is 2370. The average molecular weight is 475 g/mol. The molecule has 4 heterocycles. The van der Waals surface area contributed by atoms with Gasteiger partial charge in [0.2, 0.25) is 5.71 Å². The van der Waals surface area contributed by atoms with E-state index in [1.165, 1.54) is 0 Å². The van der Waals surface area contributed by atoms with E-state index in [0.29, 0.717) is 5.71 Å². The van der Waals surface area contributed by atoms with Crippen LogP contribution < -0.4 is 0 Å². The van der Waals surface area contributed by atoms with Crippen LogP contribution in [0.4, 0.5) is 0 Å². The normalized spacial score (nSPS) is 12.3. The molecule has 5 aromatic carbocycles. The van der Waals surface area contributed by atoms with Crippen molar-refractivity contribution in [1.29, 1.82) is 0 Å². The molecule has 4 aromatic heterocycles. The predicted molar refractivity (Wildman–Crippen MR) is 151 cm³/mol. The first kappa shape index (κ1) is 19.1. The molecule has 0 saturated heterocycles. The molecule has 9 rings (SSSR count). The first-order valence-corrected chi connectivity index (χ1v) is 12.4. The Labute approximate surface area is 209 Å². The summed E-state index contributed by atoms with van der Waals surface area (Å²) < 4.78 is 15.2. The lowest BCUT2D eigenvalue weighted by Crippen LogP contribution is -1.98. The van der Waals surface area contributed by atoms with E-state index >= 15 is 0 Å². The highest BCUT2D eigenvalue weighted by Gasteiger charge is 2.23. The minimum atomic E-state index is 0.644. The average Bonchev–Trinajstić information content (AvgIpc) is 3.61. The highest BCUT2D eigenvalue weighted by atomic mass is 16.3. The predicted octanol–water partition coefficient (Wildman–Crippen LogP) is 9.13. The first-order valence-electron chi connectivity index (χ1n) is 12.4. The van der Waals surface area contributed by atoms with Crippen LogP contribution in [0.15, 0.2) is 118 Å². The molecule has 0 bridgehead atoms. The van der Waals surface area contributed by atoms with E-state index in [0.717, 1.165) is 76.7 Å². The Kier molecular flexibility index (Phi) is 3.50. The highest BCUT2D eigenvalue weighted by Crippen LogP contribution is 2.44. The van der Waals surface area contributed by atoms with Crippen LogP contribution in [0.2, 0.25) is 0 Å². The summed E-state index contributed by atoms with van der Waals surface area (Å²) in [6.45, 7) is 0. The Morgan fingerprint density at radius 3 is 2.03 bits per heavy atom. The number of pyridine rings is 1. The SMILES string of the molecule is c1ccc2c(-n3c4ccccc4c4c5oc6ccccc6c5ccc43)c3c(nc2c1)oc1ccccc13. The summed E-state index contributed by atoms with van der Waals surface area (Å²) in [4.78, 5) is 4.93. The zero-order chi connectivity index (χ0) is 24.1. The number of rotatable bonds is 1. The van der Waals surface area contributed by atoms with Gasteiger partial charge in [0.25, 0.3) is 0 Å². The van der Waals surface area contributed by atoms with E-state index in [1.807, 2.05) is 30.3 Å². The first-order chi connectivity index (χ1) is 18.4. The molecule has 172 valence electrons. The quantitative estimate of drug-likeness (QED) is 0.238. The van der Waals surface area contributed by atoms with Gasteiger partial charge >= 0.3 is 0 Å². The maximum atomic E-state index is 6.51. The van der Waals surface area contributed by atoms with Crippen LogP contribution in [-0.4, -0.2) is 9.55 Å². The zero-order valence-electron chi connectivity index (χ0n) is 19.6. The zero-order valence-corrected chi connectivity index (χ0v) is 19.6. The van der Waals surface area contributed by atoms with Crippen LogP contribution in [0.25, 0.3) is 82.4 Å². The second kappa shape index (κ2) is 6.77. The summed E-state index contributed by atoms with van der Waals surface area (Å²) in [5, 5.41) is 7.69. The lowest BCUT2D eigenvalue weighted by molar-refractivity contribution is 0.656. The summed E-state index contributed by atoms with van der Waals surface area (Å²) in [5.74, 6) is 0. The largest absolute Gasteiger partial charge is 0.455 e. The molecule has 0 fully saturated rings. The van der Waals surface area contributed by atoms with Crippen molar-refractivity contribution in [3.8, 4) is 5.69 Å². The number of aromatic nitrogens is 2. The van der Waals surface area contributed by atoms with Gasteiger partial charge in [0.1, 0.15) is 16.7 Å². The molecule has 0 unspecified atom stereocenters. The monoisotopic (exact) mass is 474 g/mol. The van der Waals surface area contributed by atoms with Crippen LogP contribution in [0.5, 0.6) is 0 Å². The molecule has 0 spiro atoms. The van der Waals surface area contributed by atoms with Gasteiger partial charge in [-0.3, -0.25) is 0 Å². The molecular weight excluding hydrogens is 456 g/mol. The number of nitrogens with zero attached hydrogens (tertiary/aromatic N) is 2. The van der Waals surface area contributed by atoms with Gasteiger partial charge in [-0.25, -0.2) is 4.98 Å². The molecular formula is C33H18N2O2. The third-order valence-electron chi connectivity index (χ3n) is 7.60. The molecule has 0 amide bonds. The summed E-state index contributed by atoms with van der Waals surface area (Å²) >= 11 is 0. The van der Waals surface area contributed by atoms with Crippen LogP contribution >= 0.6 is 0 Å². The van der Waals surface area contributed by atoms with E-state index in [-0.39, 0.29) is 0 Å². The van der Waals surface area contributed by atoms with Crippen molar-refractivity contribution in [2.75, 3.05) is 0 Å². The van der Waals surface area contributed by atoms with Crippen molar-refractivity contribution in [3.05, 3.63) is 109 Å². The molecule has 37 heavy (non-hydrogen) atoms. The number of hydrogen-bond acceptors (Lipinski definition) is 3. The number of fused-ring (bicyclic) bond motifs is 11. The van der Waals surface area contributed by atoms with Crippen molar-refractivity contribution in [3.63, 3.8) is 0 Å². The van der Waals surface area contributed by atoms with Crippen molar-refractivity contribution in [1.82, 2.24) is 9.55 Å². The summed E-state index contributed by atoms with van der Waals surface area (Å²) in [5.41, 5.74) is 7.49. The molecule has 4 nitrogen and oxygen atoms in total. The minimum absolute atomic E-state index is 0.644. The van der Waals surface area contributed by atoms with Gasteiger partial charge < -0.3 is 13.4 Å². The molecule has 0 atom stereocenters. The molecule has 0 N–H and O–H groups in total. The Morgan fingerprint density at radius 2 is 1.16 bits per heavy atom. The van der Waals surface area contributed by atoms with Crippen molar-refractivity contribution in [2.24, 2.45) is 0 Å². The molecule has 0 aliphatic rings. The van der Waals surface area contributed by atoms with Crippen molar-refractivity contribution in [2.45, 2.75) is 0 Å². The lowest BCUT2D eigenvalue weighted by atomic mass is 10.1. The fraction of sp³-hybridized carbons (Fsp3) is 0. The molecule has 0 aliphatic carbocycles. The summed E-state index contributed by atoms with van der Waals surface area (Å²) in [6.07, 6.45) is 0.